The molecule has 15 heavy (non-hydrogen) atoms. The predicted molar refractivity (Wildman–Crippen MR) is 57.2 cm³/mol. The summed E-state index contributed by atoms with van der Waals surface area (Å²) in [5.41, 5.74) is 1.88. The number of allylic oxidation sites excluding steroid dienone is 1. The van der Waals surface area contributed by atoms with E-state index in [9.17, 15) is 4.39 Å². The summed E-state index contributed by atoms with van der Waals surface area (Å²) >= 11 is 0. The van der Waals surface area contributed by atoms with E-state index >= 15 is 0 Å². The van der Waals surface area contributed by atoms with E-state index in [-0.39, 0.29) is 0 Å². The van der Waals surface area contributed by atoms with Crippen molar-refractivity contribution in [1.29, 1.82) is 0 Å². The van der Waals surface area contributed by atoms with E-state index in [0.717, 1.165) is 11.1 Å². The molecular weight excluding hydrogens is 195 g/mol. The van der Waals surface area contributed by atoms with Gasteiger partial charge in [0.2, 0.25) is 0 Å². The van der Waals surface area contributed by atoms with Crippen LogP contribution in [0, 0.1) is 0 Å². The summed E-state index contributed by atoms with van der Waals surface area (Å²) in [6.45, 7) is 0. The molecule has 0 bridgehead atoms. The van der Waals surface area contributed by atoms with Crippen LogP contribution in [-0.4, -0.2) is 20.4 Å². The first kappa shape index (κ1) is 10.0. The third-order valence-corrected chi connectivity index (χ3v) is 2.57. The second kappa shape index (κ2) is 3.93. The molecule has 0 saturated heterocycles. The molecule has 3 heteroatoms. The van der Waals surface area contributed by atoms with E-state index in [0.29, 0.717) is 17.9 Å². The fraction of sp³-hybridized carbons (Fsp3) is 0.333. The molecule has 1 aromatic rings. The quantitative estimate of drug-likeness (QED) is 0.743. The highest BCUT2D eigenvalue weighted by Gasteiger charge is 2.19. The Morgan fingerprint density at radius 2 is 2.07 bits per heavy atom. The number of fused-ring (bicyclic) bond motifs is 1. The summed E-state index contributed by atoms with van der Waals surface area (Å²) in [5.74, 6) is 1.29. The Labute approximate surface area is 88.3 Å². The molecule has 1 unspecified atom stereocenters. The minimum absolute atomic E-state index is 0.353. The lowest BCUT2D eigenvalue weighted by Crippen LogP contribution is -2.09. The van der Waals surface area contributed by atoms with Gasteiger partial charge < -0.3 is 9.47 Å². The molecule has 0 fully saturated rings. The van der Waals surface area contributed by atoms with Gasteiger partial charge in [0.1, 0.15) is 6.17 Å². The SMILES string of the molecule is COc1ccc2c(c1OC)CC(F)C=C2. The molecule has 0 N–H and O–H groups in total. The molecule has 0 radical (unpaired) electrons. The van der Waals surface area contributed by atoms with Gasteiger partial charge in [0.25, 0.3) is 0 Å². The van der Waals surface area contributed by atoms with E-state index < -0.39 is 6.17 Å². The van der Waals surface area contributed by atoms with Crippen molar-refractivity contribution in [3.63, 3.8) is 0 Å². The fourth-order valence-electron chi connectivity index (χ4n) is 1.84. The zero-order valence-corrected chi connectivity index (χ0v) is 8.79. The molecule has 80 valence electrons. The number of methoxy groups -OCH3 is 2. The van der Waals surface area contributed by atoms with Gasteiger partial charge in [-0.3, -0.25) is 0 Å². The number of benzene rings is 1. The van der Waals surface area contributed by atoms with Crippen LogP contribution in [0.4, 0.5) is 4.39 Å². The molecule has 1 aromatic carbocycles. The van der Waals surface area contributed by atoms with Crippen molar-refractivity contribution in [2.24, 2.45) is 0 Å². The van der Waals surface area contributed by atoms with Crippen LogP contribution < -0.4 is 9.47 Å². The molecule has 1 atom stereocenters. The Hall–Kier alpha value is -1.51. The zero-order valence-electron chi connectivity index (χ0n) is 8.79. The van der Waals surface area contributed by atoms with Crippen LogP contribution in [0.15, 0.2) is 18.2 Å². The van der Waals surface area contributed by atoms with Crippen molar-refractivity contribution in [3.8, 4) is 11.5 Å². The largest absolute Gasteiger partial charge is 0.493 e. The predicted octanol–water partition coefficient (Wildman–Crippen LogP) is 2.61. The minimum atomic E-state index is -0.932. The summed E-state index contributed by atoms with van der Waals surface area (Å²) in [6, 6.07) is 3.75. The topological polar surface area (TPSA) is 18.5 Å². The van der Waals surface area contributed by atoms with Gasteiger partial charge >= 0.3 is 0 Å². The lowest BCUT2D eigenvalue weighted by molar-refractivity contribution is 0.343. The van der Waals surface area contributed by atoms with Gasteiger partial charge in [-0.2, -0.15) is 0 Å². The third-order valence-electron chi connectivity index (χ3n) is 2.57. The van der Waals surface area contributed by atoms with E-state index in [2.05, 4.69) is 0 Å². The number of alkyl halides is 1. The summed E-state index contributed by atoms with van der Waals surface area (Å²) < 4.78 is 23.7. The average molecular weight is 208 g/mol. The van der Waals surface area contributed by atoms with Crippen molar-refractivity contribution in [1.82, 2.24) is 0 Å². The average Bonchev–Trinajstić information content (AvgIpc) is 2.27. The second-order valence-corrected chi connectivity index (χ2v) is 3.45. The lowest BCUT2D eigenvalue weighted by Gasteiger charge is -2.18. The molecule has 0 aromatic heterocycles. The fourth-order valence-corrected chi connectivity index (χ4v) is 1.84. The highest BCUT2D eigenvalue weighted by molar-refractivity contribution is 5.64. The monoisotopic (exact) mass is 208 g/mol. The molecule has 1 aliphatic rings. The molecule has 2 nitrogen and oxygen atoms in total. The Bertz CT molecular complexity index is 399. The van der Waals surface area contributed by atoms with E-state index in [1.54, 1.807) is 26.4 Å². The van der Waals surface area contributed by atoms with Crippen LogP contribution >= 0.6 is 0 Å². The van der Waals surface area contributed by atoms with Crippen molar-refractivity contribution in [2.75, 3.05) is 14.2 Å². The van der Waals surface area contributed by atoms with Crippen molar-refractivity contribution < 1.29 is 13.9 Å². The summed E-state index contributed by atoms with van der Waals surface area (Å²) in [7, 11) is 3.15. The Kier molecular flexibility index (Phi) is 2.62. The van der Waals surface area contributed by atoms with E-state index in [1.807, 2.05) is 12.1 Å². The van der Waals surface area contributed by atoms with Crippen LogP contribution in [0.2, 0.25) is 0 Å². The number of hydrogen-bond donors (Lipinski definition) is 0. The van der Waals surface area contributed by atoms with Crippen LogP contribution in [0.1, 0.15) is 11.1 Å². The maximum absolute atomic E-state index is 13.2. The first-order valence-electron chi connectivity index (χ1n) is 4.82. The normalized spacial score (nSPS) is 18.5. The van der Waals surface area contributed by atoms with Crippen molar-refractivity contribution in [3.05, 3.63) is 29.3 Å². The molecular formula is C12H13FO2. The van der Waals surface area contributed by atoms with E-state index in [1.165, 1.54) is 0 Å². The summed E-state index contributed by atoms with van der Waals surface area (Å²) in [5, 5.41) is 0. The Balaban J connectivity index is 2.54. The van der Waals surface area contributed by atoms with Gasteiger partial charge in [0, 0.05) is 12.0 Å². The van der Waals surface area contributed by atoms with Crippen LogP contribution in [0.25, 0.3) is 6.08 Å². The maximum atomic E-state index is 13.2. The molecule has 2 rings (SSSR count). The number of halogens is 1. The van der Waals surface area contributed by atoms with Gasteiger partial charge in [0.05, 0.1) is 14.2 Å². The summed E-state index contributed by atoms with van der Waals surface area (Å²) in [4.78, 5) is 0. The maximum Gasteiger partial charge on any atom is 0.164 e. The second-order valence-electron chi connectivity index (χ2n) is 3.45. The minimum Gasteiger partial charge on any atom is -0.493 e. The van der Waals surface area contributed by atoms with Crippen LogP contribution in [0.5, 0.6) is 11.5 Å². The molecule has 0 saturated carbocycles. The molecule has 0 heterocycles. The van der Waals surface area contributed by atoms with Crippen molar-refractivity contribution >= 4 is 6.08 Å². The van der Waals surface area contributed by atoms with E-state index in [4.69, 9.17) is 9.47 Å². The standard InChI is InChI=1S/C12H13FO2/c1-14-11-6-4-8-3-5-9(13)7-10(8)12(11)15-2/h3-6,9H,7H2,1-2H3. The van der Waals surface area contributed by atoms with Gasteiger partial charge in [-0.05, 0) is 17.7 Å². The number of ether oxygens (including phenoxy) is 2. The van der Waals surface area contributed by atoms with Gasteiger partial charge in [-0.15, -0.1) is 0 Å². The van der Waals surface area contributed by atoms with Crippen molar-refractivity contribution in [2.45, 2.75) is 12.6 Å². The van der Waals surface area contributed by atoms with Crippen LogP contribution in [-0.2, 0) is 6.42 Å². The number of rotatable bonds is 2. The highest BCUT2D eigenvalue weighted by atomic mass is 19.1. The van der Waals surface area contributed by atoms with Crippen LogP contribution in [0.3, 0.4) is 0 Å². The Morgan fingerprint density at radius 1 is 1.27 bits per heavy atom. The molecule has 1 aliphatic carbocycles. The number of hydrogen-bond acceptors (Lipinski definition) is 2. The smallest absolute Gasteiger partial charge is 0.164 e. The molecule has 0 spiro atoms. The van der Waals surface area contributed by atoms with Gasteiger partial charge in [-0.25, -0.2) is 4.39 Å². The zero-order chi connectivity index (χ0) is 10.8. The van der Waals surface area contributed by atoms with Gasteiger partial charge in [0.15, 0.2) is 11.5 Å². The lowest BCUT2D eigenvalue weighted by atomic mass is 9.95. The first-order chi connectivity index (χ1) is 7.26. The first-order valence-corrected chi connectivity index (χ1v) is 4.82. The summed E-state index contributed by atoms with van der Waals surface area (Å²) in [6.07, 6.45) is 2.77. The van der Waals surface area contributed by atoms with Gasteiger partial charge in [-0.1, -0.05) is 12.1 Å². The third kappa shape index (κ3) is 1.69. The highest BCUT2D eigenvalue weighted by Crippen LogP contribution is 2.37. The Morgan fingerprint density at radius 3 is 2.73 bits per heavy atom. The molecule has 0 aliphatic heterocycles. The molecule has 0 amide bonds.